The monoisotopic (exact) mass is 249 g/mol. The van der Waals surface area contributed by atoms with Crippen LogP contribution < -0.4 is 5.32 Å². The largest absolute Gasteiger partial charge is 0.505 e. The lowest BCUT2D eigenvalue weighted by molar-refractivity contribution is -0.133. The molecular weight excluding hydrogens is 234 g/mol. The van der Waals surface area contributed by atoms with Crippen LogP contribution in [0.25, 0.3) is 0 Å². The van der Waals surface area contributed by atoms with E-state index in [0.29, 0.717) is 13.1 Å². The first-order valence-electron chi connectivity index (χ1n) is 5.68. The molecule has 0 radical (unpaired) electrons. The maximum Gasteiger partial charge on any atom is 0.258 e. The third kappa shape index (κ3) is 1.90. The molecule has 6 nitrogen and oxygen atoms in total. The van der Waals surface area contributed by atoms with Gasteiger partial charge in [0.25, 0.3) is 5.91 Å². The molecule has 0 aromatic carbocycles. The lowest BCUT2D eigenvalue weighted by Crippen LogP contribution is -2.63. The molecule has 0 saturated carbocycles. The summed E-state index contributed by atoms with van der Waals surface area (Å²) in [5, 5.41) is 12.4. The first-order chi connectivity index (χ1) is 8.44. The molecule has 0 atom stereocenters. The Balaban J connectivity index is 2.34. The van der Waals surface area contributed by atoms with Gasteiger partial charge in [0.05, 0.1) is 11.8 Å². The Hall–Kier alpha value is -2.11. The number of hydrogen-bond acceptors (Lipinski definition) is 4. The molecule has 0 unspecified atom stereocenters. The highest BCUT2D eigenvalue weighted by atomic mass is 16.3. The van der Waals surface area contributed by atoms with Crippen molar-refractivity contribution >= 4 is 11.8 Å². The molecule has 1 aromatic rings. The van der Waals surface area contributed by atoms with Crippen molar-refractivity contribution in [2.24, 2.45) is 0 Å². The molecular formula is C12H15N3O3. The second-order valence-corrected chi connectivity index (χ2v) is 4.66. The normalized spacial score (nSPS) is 18.3. The van der Waals surface area contributed by atoms with E-state index in [1.165, 1.54) is 23.4 Å². The number of hydrogen-bond donors (Lipinski definition) is 2. The van der Waals surface area contributed by atoms with Crippen molar-refractivity contribution in [1.82, 2.24) is 15.2 Å². The fourth-order valence-corrected chi connectivity index (χ4v) is 1.97. The lowest BCUT2D eigenvalue weighted by Gasteiger charge is -2.41. The Labute approximate surface area is 105 Å². The zero-order valence-corrected chi connectivity index (χ0v) is 10.3. The zero-order chi connectivity index (χ0) is 13.3. The molecule has 1 aliphatic heterocycles. The number of carbonyl (C=O) groups is 2. The number of aromatic hydroxyl groups is 1. The number of carbonyl (C=O) groups excluding carboxylic acids is 2. The second-order valence-electron chi connectivity index (χ2n) is 4.66. The molecule has 2 rings (SSSR count). The Morgan fingerprint density at radius 2 is 2.28 bits per heavy atom. The summed E-state index contributed by atoms with van der Waals surface area (Å²) >= 11 is 0. The molecule has 18 heavy (non-hydrogen) atoms. The van der Waals surface area contributed by atoms with Crippen LogP contribution in [0.3, 0.4) is 0 Å². The standard InChI is InChI=1S/C12H15N3O3/c1-12(2)11(18)14-5-6-15(12)10(17)8-3-4-13-7-9(8)16/h3-4,7,16H,5-6H2,1-2H3,(H,14,18). The summed E-state index contributed by atoms with van der Waals surface area (Å²) in [6.45, 7) is 4.19. The van der Waals surface area contributed by atoms with Crippen LogP contribution >= 0.6 is 0 Å². The van der Waals surface area contributed by atoms with Gasteiger partial charge in [-0.15, -0.1) is 0 Å². The van der Waals surface area contributed by atoms with Gasteiger partial charge < -0.3 is 15.3 Å². The Morgan fingerprint density at radius 3 is 2.94 bits per heavy atom. The van der Waals surface area contributed by atoms with E-state index < -0.39 is 5.54 Å². The molecule has 0 spiro atoms. The number of nitrogens with zero attached hydrogens (tertiary/aromatic N) is 2. The van der Waals surface area contributed by atoms with Gasteiger partial charge in [-0.2, -0.15) is 0 Å². The third-order valence-corrected chi connectivity index (χ3v) is 3.13. The van der Waals surface area contributed by atoms with Gasteiger partial charge in [-0.05, 0) is 19.9 Å². The van der Waals surface area contributed by atoms with Gasteiger partial charge in [-0.25, -0.2) is 0 Å². The molecule has 2 N–H and O–H groups in total. The van der Waals surface area contributed by atoms with E-state index in [4.69, 9.17) is 0 Å². The van der Waals surface area contributed by atoms with E-state index in [1.807, 2.05) is 0 Å². The summed E-state index contributed by atoms with van der Waals surface area (Å²) in [4.78, 5) is 29.3. The number of aromatic nitrogens is 1. The Morgan fingerprint density at radius 1 is 1.56 bits per heavy atom. The zero-order valence-electron chi connectivity index (χ0n) is 10.3. The topological polar surface area (TPSA) is 82.5 Å². The highest BCUT2D eigenvalue weighted by Crippen LogP contribution is 2.24. The maximum atomic E-state index is 12.3. The number of nitrogens with one attached hydrogen (secondary N) is 1. The van der Waals surface area contributed by atoms with Crippen LogP contribution in [0.15, 0.2) is 18.5 Å². The molecule has 1 aliphatic rings. The highest BCUT2D eigenvalue weighted by Gasteiger charge is 2.41. The van der Waals surface area contributed by atoms with Crippen LogP contribution in [0.4, 0.5) is 0 Å². The Bertz CT molecular complexity index is 499. The lowest BCUT2D eigenvalue weighted by atomic mass is 9.97. The molecule has 0 aliphatic carbocycles. The van der Waals surface area contributed by atoms with Gasteiger partial charge in [-0.1, -0.05) is 0 Å². The van der Waals surface area contributed by atoms with Crippen LogP contribution in [0.5, 0.6) is 5.75 Å². The number of pyridine rings is 1. The van der Waals surface area contributed by atoms with Gasteiger partial charge in [-0.3, -0.25) is 14.6 Å². The predicted molar refractivity (Wildman–Crippen MR) is 64.0 cm³/mol. The van der Waals surface area contributed by atoms with E-state index in [1.54, 1.807) is 13.8 Å². The van der Waals surface area contributed by atoms with Crippen LogP contribution in [0.1, 0.15) is 24.2 Å². The summed E-state index contributed by atoms with van der Waals surface area (Å²) in [5.41, 5.74) is -0.766. The second kappa shape index (κ2) is 4.29. The van der Waals surface area contributed by atoms with Gasteiger partial charge in [0.2, 0.25) is 5.91 Å². The van der Waals surface area contributed by atoms with E-state index in [0.717, 1.165) is 0 Å². The van der Waals surface area contributed by atoms with Crippen LogP contribution in [-0.2, 0) is 4.79 Å². The van der Waals surface area contributed by atoms with E-state index in [2.05, 4.69) is 10.3 Å². The predicted octanol–water partition coefficient (Wildman–Crippen LogP) is 0.138. The number of piperazine rings is 1. The van der Waals surface area contributed by atoms with Crippen molar-refractivity contribution in [2.45, 2.75) is 19.4 Å². The molecule has 0 bridgehead atoms. The van der Waals surface area contributed by atoms with Crippen molar-refractivity contribution < 1.29 is 14.7 Å². The van der Waals surface area contributed by atoms with Gasteiger partial charge in [0.15, 0.2) is 0 Å². The summed E-state index contributed by atoms with van der Waals surface area (Å²) in [6.07, 6.45) is 2.65. The first kappa shape index (κ1) is 12.3. The van der Waals surface area contributed by atoms with Crippen LogP contribution in [-0.4, -0.2) is 45.4 Å². The fraction of sp³-hybridized carbons (Fsp3) is 0.417. The minimum absolute atomic E-state index is 0.160. The molecule has 1 saturated heterocycles. The summed E-state index contributed by atoms with van der Waals surface area (Å²) in [5.74, 6) is -0.741. The van der Waals surface area contributed by atoms with Crippen molar-refractivity contribution in [1.29, 1.82) is 0 Å². The molecule has 2 heterocycles. The average molecular weight is 249 g/mol. The molecule has 1 fully saturated rings. The SMILES string of the molecule is CC1(C)C(=O)NCCN1C(=O)c1ccncc1O. The highest BCUT2D eigenvalue weighted by molar-refractivity contribution is 6.01. The van der Waals surface area contributed by atoms with Crippen LogP contribution in [0, 0.1) is 0 Å². The van der Waals surface area contributed by atoms with Crippen molar-refractivity contribution in [3.05, 3.63) is 24.0 Å². The number of rotatable bonds is 1. The van der Waals surface area contributed by atoms with Crippen LogP contribution in [0.2, 0.25) is 0 Å². The summed E-state index contributed by atoms with van der Waals surface area (Å²) < 4.78 is 0. The van der Waals surface area contributed by atoms with Crippen molar-refractivity contribution in [3.8, 4) is 5.75 Å². The van der Waals surface area contributed by atoms with Gasteiger partial charge in [0, 0.05) is 19.3 Å². The minimum Gasteiger partial charge on any atom is -0.505 e. The molecule has 1 aromatic heterocycles. The van der Waals surface area contributed by atoms with Gasteiger partial charge >= 0.3 is 0 Å². The van der Waals surface area contributed by atoms with Gasteiger partial charge in [0.1, 0.15) is 11.3 Å². The molecule has 96 valence electrons. The van der Waals surface area contributed by atoms with E-state index in [-0.39, 0.29) is 23.1 Å². The summed E-state index contributed by atoms with van der Waals surface area (Å²) in [7, 11) is 0. The minimum atomic E-state index is -0.926. The Kier molecular flexibility index (Phi) is 2.94. The van der Waals surface area contributed by atoms with Crippen molar-refractivity contribution in [3.63, 3.8) is 0 Å². The number of amides is 2. The fourth-order valence-electron chi connectivity index (χ4n) is 1.97. The average Bonchev–Trinajstić information content (AvgIpc) is 2.32. The first-order valence-corrected chi connectivity index (χ1v) is 5.68. The third-order valence-electron chi connectivity index (χ3n) is 3.13. The maximum absolute atomic E-state index is 12.3. The van der Waals surface area contributed by atoms with Crippen molar-refractivity contribution in [2.75, 3.05) is 13.1 Å². The van der Waals surface area contributed by atoms with E-state index in [9.17, 15) is 14.7 Å². The smallest absolute Gasteiger partial charge is 0.258 e. The molecule has 2 amide bonds. The van der Waals surface area contributed by atoms with E-state index >= 15 is 0 Å². The quantitative estimate of drug-likeness (QED) is 0.741. The molecule has 6 heteroatoms. The summed E-state index contributed by atoms with van der Waals surface area (Å²) in [6, 6.07) is 1.44.